The summed E-state index contributed by atoms with van der Waals surface area (Å²) in [4.78, 5) is 26.4. The number of hydrogen-bond donors (Lipinski definition) is 2. The molecule has 0 spiro atoms. The van der Waals surface area contributed by atoms with Gasteiger partial charge in [-0.25, -0.2) is 0 Å². The highest BCUT2D eigenvalue weighted by atomic mass is 35.5. The number of amides is 2. The number of methoxy groups -OCH3 is 1. The summed E-state index contributed by atoms with van der Waals surface area (Å²) in [6, 6.07) is 6.86. The van der Waals surface area contributed by atoms with Gasteiger partial charge in [0.15, 0.2) is 0 Å². The molecule has 0 aliphatic carbocycles. The highest BCUT2D eigenvalue weighted by Crippen LogP contribution is 2.31. The van der Waals surface area contributed by atoms with Crippen molar-refractivity contribution in [2.45, 2.75) is 18.6 Å². The fourth-order valence-corrected chi connectivity index (χ4v) is 2.90. The standard InChI is InChI=1S/C16H21N3O4.ClH/c1-22-13-5-3-2-4-12(13)19-8-6-11(16(19)21)18-15(20)14-10-17-7-9-23-14;/h2-5,11,14,17H,6-10H2,1H3,(H,18,20);1H. The number of ether oxygens (including phenoxy) is 2. The summed E-state index contributed by atoms with van der Waals surface area (Å²) in [6.07, 6.45) is 0.0415. The Bertz CT molecular complexity index is 592. The summed E-state index contributed by atoms with van der Waals surface area (Å²) in [5.74, 6) is 0.289. The van der Waals surface area contributed by atoms with Crippen LogP contribution in [0, 0.1) is 0 Å². The number of rotatable bonds is 4. The van der Waals surface area contributed by atoms with Crippen LogP contribution < -0.4 is 20.3 Å². The van der Waals surface area contributed by atoms with Crippen LogP contribution in [0.25, 0.3) is 0 Å². The van der Waals surface area contributed by atoms with Gasteiger partial charge in [0.25, 0.3) is 5.91 Å². The van der Waals surface area contributed by atoms with Crippen molar-refractivity contribution in [3.63, 3.8) is 0 Å². The van der Waals surface area contributed by atoms with Gasteiger partial charge in [-0.2, -0.15) is 0 Å². The van der Waals surface area contributed by atoms with Crippen LogP contribution in [-0.2, 0) is 14.3 Å². The minimum absolute atomic E-state index is 0. The molecule has 8 heteroatoms. The smallest absolute Gasteiger partial charge is 0.251 e. The SMILES string of the molecule is COc1ccccc1N1CCC(NC(=O)C2CNCCO2)C1=O.Cl. The maximum Gasteiger partial charge on any atom is 0.251 e. The van der Waals surface area contributed by atoms with Gasteiger partial charge in [-0.3, -0.25) is 9.59 Å². The molecule has 132 valence electrons. The predicted molar refractivity (Wildman–Crippen MR) is 91.8 cm³/mol. The van der Waals surface area contributed by atoms with Gasteiger partial charge in [0.2, 0.25) is 5.91 Å². The normalized spacial score (nSPS) is 23.5. The van der Waals surface area contributed by atoms with Crippen LogP contribution in [0.15, 0.2) is 24.3 Å². The molecule has 0 saturated carbocycles. The molecule has 3 rings (SSSR count). The largest absolute Gasteiger partial charge is 0.495 e. The van der Waals surface area contributed by atoms with E-state index in [1.807, 2.05) is 24.3 Å². The van der Waals surface area contributed by atoms with Gasteiger partial charge in [-0.15, -0.1) is 12.4 Å². The van der Waals surface area contributed by atoms with E-state index in [0.29, 0.717) is 31.9 Å². The van der Waals surface area contributed by atoms with Gasteiger partial charge in [-0.1, -0.05) is 12.1 Å². The Kier molecular flexibility index (Phi) is 6.42. The maximum atomic E-state index is 12.6. The fourth-order valence-electron chi connectivity index (χ4n) is 2.90. The zero-order valence-electron chi connectivity index (χ0n) is 13.5. The lowest BCUT2D eigenvalue weighted by Gasteiger charge is -2.24. The van der Waals surface area contributed by atoms with E-state index in [0.717, 1.165) is 12.2 Å². The van der Waals surface area contributed by atoms with Crippen molar-refractivity contribution in [1.82, 2.24) is 10.6 Å². The molecule has 2 fully saturated rings. The number of nitrogens with zero attached hydrogens (tertiary/aromatic N) is 1. The van der Waals surface area contributed by atoms with Crippen LogP contribution >= 0.6 is 12.4 Å². The Labute approximate surface area is 147 Å². The predicted octanol–water partition coefficient (Wildman–Crippen LogP) is 0.327. The van der Waals surface area contributed by atoms with Crippen molar-refractivity contribution in [2.24, 2.45) is 0 Å². The van der Waals surface area contributed by atoms with Crippen LogP contribution in [0.3, 0.4) is 0 Å². The Hall–Kier alpha value is -1.83. The molecule has 7 nitrogen and oxygen atoms in total. The van der Waals surface area contributed by atoms with Crippen molar-refractivity contribution < 1.29 is 19.1 Å². The molecule has 1 aromatic carbocycles. The molecule has 2 amide bonds. The van der Waals surface area contributed by atoms with Crippen LogP contribution in [0.4, 0.5) is 5.69 Å². The molecule has 0 bridgehead atoms. The topological polar surface area (TPSA) is 79.9 Å². The van der Waals surface area contributed by atoms with Crippen molar-refractivity contribution in [3.05, 3.63) is 24.3 Å². The average Bonchev–Trinajstić information content (AvgIpc) is 2.96. The second-order valence-electron chi connectivity index (χ2n) is 5.58. The second-order valence-corrected chi connectivity index (χ2v) is 5.58. The molecular formula is C16H22ClN3O4. The molecule has 24 heavy (non-hydrogen) atoms. The number of carbonyl (C=O) groups excluding carboxylic acids is 2. The van der Waals surface area contributed by atoms with Crippen molar-refractivity contribution in [2.75, 3.05) is 38.3 Å². The quantitative estimate of drug-likeness (QED) is 0.813. The molecule has 0 aromatic heterocycles. The molecular weight excluding hydrogens is 334 g/mol. The van der Waals surface area contributed by atoms with E-state index in [1.54, 1.807) is 12.0 Å². The van der Waals surface area contributed by atoms with E-state index in [2.05, 4.69) is 10.6 Å². The van der Waals surface area contributed by atoms with E-state index >= 15 is 0 Å². The van der Waals surface area contributed by atoms with E-state index in [9.17, 15) is 9.59 Å². The molecule has 2 aliphatic rings. The molecule has 2 N–H and O–H groups in total. The Morgan fingerprint density at radius 2 is 2.21 bits per heavy atom. The summed E-state index contributed by atoms with van der Waals surface area (Å²) in [6.45, 7) is 2.27. The lowest BCUT2D eigenvalue weighted by Crippen LogP contribution is -2.51. The van der Waals surface area contributed by atoms with Gasteiger partial charge in [0, 0.05) is 19.6 Å². The number of halogens is 1. The highest BCUT2D eigenvalue weighted by molar-refractivity contribution is 6.02. The number of morpholine rings is 1. The zero-order chi connectivity index (χ0) is 16.2. The third-order valence-electron chi connectivity index (χ3n) is 4.12. The van der Waals surface area contributed by atoms with Gasteiger partial charge >= 0.3 is 0 Å². The number of nitrogens with one attached hydrogen (secondary N) is 2. The monoisotopic (exact) mass is 355 g/mol. The second kappa shape index (κ2) is 8.32. The minimum Gasteiger partial charge on any atom is -0.495 e. The molecule has 0 radical (unpaired) electrons. The Morgan fingerprint density at radius 1 is 1.42 bits per heavy atom. The number of hydrogen-bond acceptors (Lipinski definition) is 5. The van der Waals surface area contributed by atoms with Gasteiger partial charge in [0.1, 0.15) is 17.9 Å². The van der Waals surface area contributed by atoms with Crippen LogP contribution in [0.5, 0.6) is 5.75 Å². The summed E-state index contributed by atoms with van der Waals surface area (Å²) < 4.78 is 10.7. The van der Waals surface area contributed by atoms with Crippen molar-refractivity contribution in [1.29, 1.82) is 0 Å². The molecule has 2 aliphatic heterocycles. The Balaban J connectivity index is 0.00000208. The molecule has 2 heterocycles. The van der Waals surface area contributed by atoms with E-state index in [4.69, 9.17) is 9.47 Å². The number of carbonyl (C=O) groups is 2. The molecule has 1 aromatic rings. The van der Waals surface area contributed by atoms with Crippen LogP contribution in [-0.4, -0.2) is 57.3 Å². The lowest BCUT2D eigenvalue weighted by atomic mass is 10.2. The van der Waals surface area contributed by atoms with Crippen LogP contribution in [0.1, 0.15) is 6.42 Å². The molecule has 2 atom stereocenters. The summed E-state index contributed by atoms with van der Waals surface area (Å²) in [7, 11) is 1.58. The van der Waals surface area contributed by atoms with Gasteiger partial charge in [-0.05, 0) is 18.6 Å². The first-order valence-electron chi connectivity index (χ1n) is 7.78. The fraction of sp³-hybridized carbons (Fsp3) is 0.500. The highest BCUT2D eigenvalue weighted by Gasteiger charge is 2.36. The number of benzene rings is 1. The van der Waals surface area contributed by atoms with E-state index in [-0.39, 0.29) is 24.2 Å². The third kappa shape index (κ3) is 3.80. The first-order valence-corrected chi connectivity index (χ1v) is 7.78. The van der Waals surface area contributed by atoms with Gasteiger partial charge in [0.05, 0.1) is 19.4 Å². The van der Waals surface area contributed by atoms with Gasteiger partial charge < -0.3 is 25.0 Å². The average molecular weight is 356 g/mol. The summed E-state index contributed by atoms with van der Waals surface area (Å²) >= 11 is 0. The van der Waals surface area contributed by atoms with E-state index < -0.39 is 12.1 Å². The number of anilines is 1. The summed E-state index contributed by atoms with van der Waals surface area (Å²) in [5.41, 5.74) is 0.729. The minimum atomic E-state index is -0.531. The lowest BCUT2D eigenvalue weighted by molar-refractivity contribution is -0.136. The first-order chi connectivity index (χ1) is 11.2. The van der Waals surface area contributed by atoms with Crippen molar-refractivity contribution >= 4 is 29.9 Å². The first kappa shape index (κ1) is 18.5. The van der Waals surface area contributed by atoms with Crippen molar-refractivity contribution in [3.8, 4) is 5.75 Å². The molecule has 2 saturated heterocycles. The maximum absolute atomic E-state index is 12.6. The zero-order valence-corrected chi connectivity index (χ0v) is 14.3. The van der Waals surface area contributed by atoms with Crippen LogP contribution in [0.2, 0.25) is 0 Å². The molecule has 2 unspecified atom stereocenters. The van der Waals surface area contributed by atoms with E-state index in [1.165, 1.54) is 0 Å². The third-order valence-corrected chi connectivity index (χ3v) is 4.12. The summed E-state index contributed by atoms with van der Waals surface area (Å²) in [5, 5.41) is 5.90. The Morgan fingerprint density at radius 3 is 2.92 bits per heavy atom. The number of para-hydroxylation sites is 2.